The summed E-state index contributed by atoms with van der Waals surface area (Å²) in [6, 6.07) is 5.72. The van der Waals surface area contributed by atoms with Crippen LogP contribution in [0.25, 0.3) is 5.65 Å². The Hall–Kier alpha value is -1.88. The van der Waals surface area contributed by atoms with Crippen molar-refractivity contribution >= 4 is 11.6 Å². The Balaban J connectivity index is 1.57. The van der Waals surface area contributed by atoms with Crippen LogP contribution in [0.1, 0.15) is 23.3 Å². The van der Waals surface area contributed by atoms with Crippen LogP contribution in [0.2, 0.25) is 0 Å². The number of nitrogens with zero attached hydrogens (tertiary/aromatic N) is 3. The molecule has 0 bridgehead atoms. The number of hydrogen-bond donors (Lipinski definition) is 1. The van der Waals surface area contributed by atoms with Gasteiger partial charge in [0.2, 0.25) is 0 Å². The van der Waals surface area contributed by atoms with Gasteiger partial charge in [-0.25, -0.2) is 4.98 Å². The second-order valence-electron chi connectivity index (χ2n) is 4.90. The van der Waals surface area contributed by atoms with E-state index in [1.54, 1.807) is 6.20 Å². The summed E-state index contributed by atoms with van der Waals surface area (Å²) in [6.45, 7) is 3.93. The molecule has 5 heteroatoms. The van der Waals surface area contributed by atoms with Gasteiger partial charge in [0.15, 0.2) is 0 Å². The maximum absolute atomic E-state index is 12.0. The maximum Gasteiger partial charge on any atom is 0.271 e. The first-order valence-electron chi connectivity index (χ1n) is 6.77. The summed E-state index contributed by atoms with van der Waals surface area (Å²) in [6.07, 6.45) is 6.21. The smallest absolute Gasteiger partial charge is 0.271 e. The number of rotatable bonds is 4. The third-order valence-electron chi connectivity index (χ3n) is 3.51. The van der Waals surface area contributed by atoms with E-state index in [0.29, 0.717) is 12.2 Å². The Morgan fingerprint density at radius 3 is 2.95 bits per heavy atom. The zero-order chi connectivity index (χ0) is 13.1. The van der Waals surface area contributed by atoms with E-state index < -0.39 is 0 Å². The van der Waals surface area contributed by atoms with Crippen LogP contribution in [0.15, 0.2) is 30.6 Å². The maximum atomic E-state index is 12.0. The summed E-state index contributed by atoms with van der Waals surface area (Å²) in [5.74, 6) is -0.0945. The molecule has 0 saturated carbocycles. The fourth-order valence-electron chi connectivity index (χ4n) is 2.47. The van der Waals surface area contributed by atoms with E-state index in [1.165, 1.54) is 12.8 Å². The summed E-state index contributed by atoms with van der Waals surface area (Å²) in [5.41, 5.74) is 1.28. The molecule has 100 valence electrons. The molecular weight excluding hydrogens is 240 g/mol. The predicted octanol–water partition coefficient (Wildman–Crippen LogP) is 1.16. The highest BCUT2D eigenvalue weighted by molar-refractivity contribution is 5.92. The minimum absolute atomic E-state index is 0.0945. The largest absolute Gasteiger partial charge is 0.349 e. The molecule has 5 nitrogen and oxygen atoms in total. The van der Waals surface area contributed by atoms with Gasteiger partial charge in [0.25, 0.3) is 5.91 Å². The van der Waals surface area contributed by atoms with E-state index >= 15 is 0 Å². The Kier molecular flexibility index (Phi) is 3.46. The van der Waals surface area contributed by atoms with Gasteiger partial charge >= 0.3 is 0 Å². The van der Waals surface area contributed by atoms with E-state index in [0.717, 1.165) is 25.3 Å². The number of nitrogens with one attached hydrogen (secondary N) is 1. The van der Waals surface area contributed by atoms with Crippen LogP contribution in [0.5, 0.6) is 0 Å². The van der Waals surface area contributed by atoms with E-state index in [-0.39, 0.29) is 5.91 Å². The third-order valence-corrected chi connectivity index (χ3v) is 3.51. The van der Waals surface area contributed by atoms with Crippen LogP contribution in [0.3, 0.4) is 0 Å². The highest BCUT2D eigenvalue weighted by atomic mass is 16.1. The lowest BCUT2D eigenvalue weighted by Gasteiger charge is -2.14. The monoisotopic (exact) mass is 258 g/mol. The molecule has 3 heterocycles. The van der Waals surface area contributed by atoms with Crippen molar-refractivity contribution < 1.29 is 4.79 Å². The molecule has 0 aromatic carbocycles. The molecule has 0 spiro atoms. The lowest BCUT2D eigenvalue weighted by Crippen LogP contribution is -2.33. The molecule has 1 N–H and O–H groups in total. The topological polar surface area (TPSA) is 49.6 Å². The molecule has 2 aromatic heterocycles. The summed E-state index contributed by atoms with van der Waals surface area (Å²) in [7, 11) is 0. The fourth-order valence-corrected chi connectivity index (χ4v) is 2.47. The summed E-state index contributed by atoms with van der Waals surface area (Å²) >= 11 is 0. The number of pyridine rings is 1. The van der Waals surface area contributed by atoms with Gasteiger partial charge < -0.3 is 14.6 Å². The molecule has 1 aliphatic heterocycles. The molecule has 1 saturated heterocycles. The van der Waals surface area contributed by atoms with Crippen molar-refractivity contribution in [3.63, 3.8) is 0 Å². The van der Waals surface area contributed by atoms with Crippen LogP contribution < -0.4 is 5.32 Å². The second kappa shape index (κ2) is 5.40. The second-order valence-corrected chi connectivity index (χ2v) is 4.90. The van der Waals surface area contributed by atoms with Crippen LogP contribution >= 0.6 is 0 Å². The number of aromatic nitrogens is 2. The van der Waals surface area contributed by atoms with Crippen LogP contribution in [-0.2, 0) is 0 Å². The minimum atomic E-state index is -0.0945. The average molecular weight is 258 g/mol. The Morgan fingerprint density at radius 1 is 1.32 bits per heavy atom. The summed E-state index contributed by atoms with van der Waals surface area (Å²) < 4.78 is 1.86. The number of likely N-dealkylation sites (tertiary alicyclic amines) is 1. The number of carbonyl (C=O) groups excluding carboxylic acids is 1. The van der Waals surface area contributed by atoms with Gasteiger partial charge in [-0.15, -0.1) is 0 Å². The van der Waals surface area contributed by atoms with E-state index in [9.17, 15) is 4.79 Å². The molecular formula is C14H18N4O. The number of hydrogen-bond acceptors (Lipinski definition) is 3. The fraction of sp³-hybridized carbons (Fsp3) is 0.429. The molecule has 0 aliphatic carbocycles. The van der Waals surface area contributed by atoms with Gasteiger partial charge in [0, 0.05) is 25.5 Å². The van der Waals surface area contributed by atoms with E-state index in [4.69, 9.17) is 0 Å². The lowest BCUT2D eigenvalue weighted by atomic mass is 10.4. The highest BCUT2D eigenvalue weighted by Crippen LogP contribution is 2.06. The summed E-state index contributed by atoms with van der Waals surface area (Å²) in [4.78, 5) is 18.7. The van der Waals surface area contributed by atoms with Crippen molar-refractivity contribution in [2.75, 3.05) is 26.2 Å². The molecule has 19 heavy (non-hydrogen) atoms. The Bertz CT molecular complexity index is 539. The van der Waals surface area contributed by atoms with Crippen molar-refractivity contribution in [1.29, 1.82) is 0 Å². The minimum Gasteiger partial charge on any atom is -0.349 e. The molecule has 1 fully saturated rings. The van der Waals surface area contributed by atoms with E-state index in [1.807, 2.05) is 28.8 Å². The molecule has 1 aliphatic rings. The molecule has 2 aromatic rings. The molecule has 0 atom stereocenters. The first-order valence-corrected chi connectivity index (χ1v) is 6.77. The number of imidazole rings is 1. The zero-order valence-electron chi connectivity index (χ0n) is 10.9. The quantitative estimate of drug-likeness (QED) is 0.895. The van der Waals surface area contributed by atoms with Gasteiger partial charge in [0.1, 0.15) is 11.3 Å². The highest BCUT2D eigenvalue weighted by Gasteiger charge is 2.13. The van der Waals surface area contributed by atoms with Crippen LogP contribution in [0.4, 0.5) is 0 Å². The van der Waals surface area contributed by atoms with Crippen molar-refractivity contribution in [2.45, 2.75) is 12.8 Å². The predicted molar refractivity (Wildman–Crippen MR) is 73.2 cm³/mol. The number of fused-ring (bicyclic) bond motifs is 1. The van der Waals surface area contributed by atoms with Gasteiger partial charge in [-0.2, -0.15) is 0 Å². The van der Waals surface area contributed by atoms with Gasteiger partial charge in [0.05, 0.1) is 0 Å². The molecule has 3 rings (SSSR count). The SMILES string of the molecule is O=C(NCCN1CCCC1)c1cn2ccccc2n1. The summed E-state index contributed by atoms with van der Waals surface area (Å²) in [5, 5.41) is 2.93. The lowest BCUT2D eigenvalue weighted by molar-refractivity contribution is 0.0945. The van der Waals surface area contributed by atoms with Crippen LogP contribution in [0, 0.1) is 0 Å². The van der Waals surface area contributed by atoms with Crippen LogP contribution in [-0.4, -0.2) is 46.4 Å². The van der Waals surface area contributed by atoms with Crippen molar-refractivity contribution in [3.8, 4) is 0 Å². The van der Waals surface area contributed by atoms with Crippen molar-refractivity contribution in [3.05, 3.63) is 36.3 Å². The molecule has 0 unspecified atom stereocenters. The first-order chi connectivity index (χ1) is 9.33. The number of carbonyl (C=O) groups is 1. The van der Waals surface area contributed by atoms with Gasteiger partial charge in [-0.3, -0.25) is 4.79 Å². The van der Waals surface area contributed by atoms with Crippen molar-refractivity contribution in [2.24, 2.45) is 0 Å². The molecule has 1 amide bonds. The zero-order valence-corrected chi connectivity index (χ0v) is 10.9. The van der Waals surface area contributed by atoms with E-state index in [2.05, 4.69) is 15.2 Å². The number of amides is 1. The van der Waals surface area contributed by atoms with Gasteiger partial charge in [-0.05, 0) is 38.1 Å². The van der Waals surface area contributed by atoms with Crippen molar-refractivity contribution in [1.82, 2.24) is 19.6 Å². The normalized spacial score (nSPS) is 16.0. The standard InChI is InChI=1S/C14H18N4O/c19-14(15-6-10-17-7-3-4-8-17)12-11-18-9-2-1-5-13(18)16-12/h1-2,5,9,11H,3-4,6-8,10H2,(H,15,19). The average Bonchev–Trinajstić information content (AvgIpc) is 3.07. The Labute approximate surface area is 112 Å². The Morgan fingerprint density at radius 2 is 2.16 bits per heavy atom. The molecule has 0 radical (unpaired) electrons. The van der Waals surface area contributed by atoms with Gasteiger partial charge in [-0.1, -0.05) is 6.07 Å². The third kappa shape index (κ3) is 2.76. The first kappa shape index (κ1) is 12.2.